The van der Waals surface area contributed by atoms with E-state index in [1.54, 1.807) is 24.3 Å². The summed E-state index contributed by atoms with van der Waals surface area (Å²) in [5.74, 6) is 0. The Balaban J connectivity index is -0.0000000890. The van der Waals surface area contributed by atoms with Crippen LogP contribution in [0.2, 0.25) is 0 Å². The number of hydrogen-bond acceptors (Lipinski definition) is 5. The summed E-state index contributed by atoms with van der Waals surface area (Å²) in [5.41, 5.74) is 0. The van der Waals surface area contributed by atoms with Crippen molar-refractivity contribution in [1.29, 1.82) is 0 Å². The minimum absolute atomic E-state index is 0. The summed E-state index contributed by atoms with van der Waals surface area (Å²) in [4.78, 5) is 8.53. The van der Waals surface area contributed by atoms with Crippen LogP contribution in [0.1, 0.15) is 79.1 Å². The van der Waals surface area contributed by atoms with Crippen molar-refractivity contribution in [2.45, 2.75) is 79.1 Å². The fourth-order valence-corrected chi connectivity index (χ4v) is 1.56. The van der Waals surface area contributed by atoms with Crippen molar-refractivity contribution in [2.75, 3.05) is 26.4 Å². The Labute approximate surface area is 200 Å². The zero-order chi connectivity index (χ0) is 23.2. The monoisotopic (exact) mass is 481 g/mol. The van der Waals surface area contributed by atoms with Crippen LogP contribution in [-0.4, -0.2) is 31.3 Å². The van der Waals surface area contributed by atoms with Gasteiger partial charge in [-0.25, -0.2) is 0 Å². The third-order valence-corrected chi connectivity index (χ3v) is 3.71. The molecule has 1 N–H and O–H groups in total. The fraction of sp³-hybridized carbons (Fsp3) is 0.727. The van der Waals surface area contributed by atoms with E-state index in [4.69, 9.17) is 4.89 Å². The maximum Gasteiger partial charge on any atom is 4.00 e. The van der Waals surface area contributed by atoms with Gasteiger partial charge in [0.05, 0.1) is 0 Å². The third-order valence-electron chi connectivity index (χ3n) is 2.97. The molecule has 6 nitrogen and oxygen atoms in total. The third kappa shape index (κ3) is 50.9. The van der Waals surface area contributed by atoms with Crippen LogP contribution < -0.4 is 25.7 Å². The quantitative estimate of drug-likeness (QED) is 0.422. The molecule has 174 valence electrons. The predicted octanol–water partition coefficient (Wildman–Crippen LogP) is 1.63. The van der Waals surface area contributed by atoms with Gasteiger partial charge in [-0.05, 0) is 16.7 Å². The van der Waals surface area contributed by atoms with E-state index < -0.39 is 8.03 Å². The van der Waals surface area contributed by atoms with Gasteiger partial charge in [0.2, 0.25) is 5.30 Å². The Morgan fingerprint density at radius 2 is 0.933 bits per heavy atom. The first kappa shape index (κ1) is 40.2. The summed E-state index contributed by atoms with van der Waals surface area (Å²) < 4.78 is 10.3. The van der Waals surface area contributed by atoms with Crippen molar-refractivity contribution >= 4 is 13.3 Å². The molecule has 1 aromatic rings. The van der Waals surface area contributed by atoms with E-state index in [0.29, 0.717) is 5.30 Å². The summed E-state index contributed by atoms with van der Waals surface area (Å²) in [6.07, 6.45) is 7.46. The first-order valence-corrected chi connectivity index (χ1v) is 11.7. The van der Waals surface area contributed by atoms with Crippen molar-refractivity contribution in [3.05, 3.63) is 30.3 Å². The van der Waals surface area contributed by atoms with Gasteiger partial charge in [-0.2, -0.15) is 4.89 Å². The number of unbranched alkanes of at least 4 members (excludes halogenated alkanes) is 4. The molecule has 1 unspecified atom stereocenters. The van der Waals surface area contributed by atoms with Crippen molar-refractivity contribution in [2.24, 2.45) is 0 Å². The Bertz CT molecular complexity index is 351. The van der Waals surface area contributed by atoms with Gasteiger partial charge in [-0.3, -0.25) is 0 Å². The second-order valence-corrected chi connectivity index (χ2v) is 6.90. The van der Waals surface area contributed by atoms with E-state index >= 15 is 0 Å². The van der Waals surface area contributed by atoms with Crippen LogP contribution in [0.15, 0.2) is 30.3 Å². The molecule has 1 rings (SSSR count). The minimum Gasteiger partial charge on any atom is -0.854 e. The number of rotatable bonds is 9. The Kier molecular flexibility index (Phi) is 57.4. The molecule has 0 spiro atoms. The molecule has 30 heavy (non-hydrogen) atoms. The zero-order valence-electron chi connectivity index (χ0n) is 19.3. The van der Waals surface area contributed by atoms with E-state index in [-0.39, 0.29) is 48.1 Å². The molecule has 0 aliphatic rings. The summed E-state index contributed by atoms with van der Waals surface area (Å²) in [7, 11) is -2.15. The second-order valence-electron chi connectivity index (χ2n) is 5.84. The fourth-order valence-electron chi connectivity index (χ4n) is 1.13. The normalized spacial score (nSPS) is 8.90. The number of benzene rings is 1. The Morgan fingerprint density at radius 3 is 1.03 bits per heavy atom. The van der Waals surface area contributed by atoms with Crippen LogP contribution >= 0.6 is 8.03 Å². The SMILES string of the molecule is CCCC[O-].CCCC[O-].CCCC[O-].CCCC[O-].O=[P+](O)c1ccccc1.[Ti+4]. The summed E-state index contributed by atoms with van der Waals surface area (Å²) in [6, 6.07) is 8.53. The van der Waals surface area contributed by atoms with Gasteiger partial charge < -0.3 is 20.4 Å². The van der Waals surface area contributed by atoms with Crippen LogP contribution in [0.5, 0.6) is 0 Å². The molecule has 0 saturated heterocycles. The second kappa shape index (κ2) is 42.8. The molecular formula is C22H42O6PTi+. The van der Waals surface area contributed by atoms with E-state index in [9.17, 15) is 25.0 Å². The Morgan fingerprint density at radius 1 is 0.667 bits per heavy atom. The van der Waals surface area contributed by atoms with Crippen LogP contribution in [0.25, 0.3) is 0 Å². The molecule has 0 fully saturated rings. The predicted molar refractivity (Wildman–Crippen MR) is 115 cm³/mol. The smallest absolute Gasteiger partial charge is 0.854 e. The van der Waals surface area contributed by atoms with E-state index in [1.165, 1.54) is 0 Å². The van der Waals surface area contributed by atoms with E-state index in [0.717, 1.165) is 51.4 Å². The standard InChI is InChI=1S/C6H5O2P.4C4H9O.Ti/c7-9(8)6-4-2-1-3-5-6;4*1-2-3-4-5;/h1-5H;4*2-4H2,1H3;/q;4*-1;+4/p+1. The van der Waals surface area contributed by atoms with Gasteiger partial charge in [0.15, 0.2) is 0 Å². The largest absolute Gasteiger partial charge is 4.00 e. The van der Waals surface area contributed by atoms with Crippen molar-refractivity contribution in [3.8, 4) is 0 Å². The summed E-state index contributed by atoms with van der Waals surface area (Å²) in [5, 5.41) is 38.6. The van der Waals surface area contributed by atoms with Gasteiger partial charge in [-0.15, -0.1) is 26.4 Å². The molecule has 0 aliphatic carbocycles. The molecule has 0 saturated carbocycles. The maximum atomic E-state index is 10.3. The molecule has 0 aromatic heterocycles. The molecule has 1 aromatic carbocycles. The molecule has 0 bridgehead atoms. The first-order valence-electron chi connectivity index (χ1n) is 10.5. The topological polar surface area (TPSA) is 130 Å². The van der Waals surface area contributed by atoms with Gasteiger partial charge in [0, 0.05) is 0 Å². The summed E-state index contributed by atoms with van der Waals surface area (Å²) in [6.45, 7) is 8.42. The molecular weight excluding hydrogens is 439 g/mol. The zero-order valence-corrected chi connectivity index (χ0v) is 21.8. The van der Waals surface area contributed by atoms with Gasteiger partial charge >= 0.3 is 29.7 Å². The molecule has 0 radical (unpaired) electrons. The van der Waals surface area contributed by atoms with Crippen LogP contribution in [-0.2, 0) is 26.3 Å². The molecule has 1 atom stereocenters. The molecule has 0 amide bonds. The molecule has 8 heteroatoms. The molecule has 0 heterocycles. The van der Waals surface area contributed by atoms with Gasteiger partial charge in [0.1, 0.15) is 0 Å². The summed E-state index contributed by atoms with van der Waals surface area (Å²) >= 11 is 0. The van der Waals surface area contributed by atoms with Crippen LogP contribution in [0.3, 0.4) is 0 Å². The maximum absolute atomic E-state index is 10.3. The minimum atomic E-state index is -2.15. The average molecular weight is 481 g/mol. The van der Waals surface area contributed by atoms with Crippen LogP contribution in [0, 0.1) is 0 Å². The van der Waals surface area contributed by atoms with Crippen molar-refractivity contribution in [1.82, 2.24) is 0 Å². The van der Waals surface area contributed by atoms with E-state index in [2.05, 4.69) is 0 Å². The van der Waals surface area contributed by atoms with Crippen molar-refractivity contribution in [3.63, 3.8) is 0 Å². The first-order chi connectivity index (χ1) is 14.0. The van der Waals surface area contributed by atoms with Gasteiger partial charge in [-0.1, -0.05) is 97.3 Å². The van der Waals surface area contributed by atoms with Gasteiger partial charge in [0.25, 0.3) is 0 Å². The van der Waals surface area contributed by atoms with E-state index in [1.807, 2.05) is 33.8 Å². The van der Waals surface area contributed by atoms with Crippen molar-refractivity contribution < 1.29 is 51.6 Å². The average Bonchev–Trinajstić information content (AvgIpc) is 2.73. The number of hydrogen-bond donors (Lipinski definition) is 1. The Hall–Kier alpha value is -0.166. The molecule has 0 aliphatic heterocycles. The van der Waals surface area contributed by atoms with Crippen LogP contribution in [0.4, 0.5) is 0 Å².